The van der Waals surface area contributed by atoms with Crippen LogP contribution in [0.25, 0.3) is 0 Å². The smallest absolute Gasteiger partial charge is 0.163 e. The Kier molecular flexibility index (Phi) is 5.24. The standard InChI is InChI=1S/C21H31NO4/c1-15-20-22(2)11-10-21(15,16-7-6-8-17(13-16)23-3)14-19(26-20)25-18-9-4-5-12-24-18/h6-8,13,15,18-20H,4-5,9-12,14H2,1-3H3. The van der Waals surface area contributed by atoms with Gasteiger partial charge in [0.25, 0.3) is 0 Å². The van der Waals surface area contributed by atoms with E-state index in [1.165, 1.54) is 5.56 Å². The zero-order chi connectivity index (χ0) is 18.1. The highest BCUT2D eigenvalue weighted by Crippen LogP contribution is 2.50. The maximum absolute atomic E-state index is 6.38. The number of benzene rings is 1. The van der Waals surface area contributed by atoms with Gasteiger partial charge in [-0.1, -0.05) is 19.1 Å². The van der Waals surface area contributed by atoms with Crippen molar-refractivity contribution in [1.29, 1.82) is 0 Å². The maximum Gasteiger partial charge on any atom is 0.163 e. The molecule has 26 heavy (non-hydrogen) atoms. The molecule has 2 bridgehead atoms. The topological polar surface area (TPSA) is 40.2 Å². The molecular formula is C21H31NO4. The first kappa shape index (κ1) is 18.2. The predicted molar refractivity (Wildman–Crippen MR) is 99.0 cm³/mol. The van der Waals surface area contributed by atoms with E-state index in [4.69, 9.17) is 18.9 Å². The number of rotatable bonds is 4. The van der Waals surface area contributed by atoms with Gasteiger partial charge in [0.1, 0.15) is 12.0 Å². The molecule has 0 amide bonds. The molecule has 0 aromatic heterocycles. The van der Waals surface area contributed by atoms with Crippen LogP contribution < -0.4 is 4.74 Å². The average molecular weight is 361 g/mol. The number of methoxy groups -OCH3 is 1. The summed E-state index contributed by atoms with van der Waals surface area (Å²) in [6, 6.07) is 8.54. The summed E-state index contributed by atoms with van der Waals surface area (Å²) in [5.41, 5.74) is 1.38. The third-order valence-corrected chi connectivity index (χ3v) is 6.55. The summed E-state index contributed by atoms with van der Waals surface area (Å²) in [6.45, 7) is 4.13. The van der Waals surface area contributed by atoms with Gasteiger partial charge in [0.2, 0.25) is 0 Å². The fourth-order valence-corrected chi connectivity index (χ4v) is 4.92. The van der Waals surface area contributed by atoms with Crippen molar-refractivity contribution in [3.8, 4) is 5.75 Å². The number of hydrogen-bond acceptors (Lipinski definition) is 5. The molecule has 3 saturated heterocycles. The van der Waals surface area contributed by atoms with Crippen LogP contribution in [0.5, 0.6) is 5.75 Å². The van der Waals surface area contributed by atoms with Crippen molar-refractivity contribution < 1.29 is 18.9 Å². The lowest BCUT2D eigenvalue weighted by molar-refractivity contribution is -0.323. The highest BCUT2D eigenvalue weighted by Gasteiger charge is 2.53. The number of nitrogens with zero attached hydrogens (tertiary/aromatic N) is 1. The van der Waals surface area contributed by atoms with Crippen molar-refractivity contribution in [3.05, 3.63) is 29.8 Å². The summed E-state index contributed by atoms with van der Waals surface area (Å²) in [5, 5.41) is 0. The SMILES string of the molecule is COc1cccc(C23CCN(C)C(OC(OC4CCCCO4)C2)C3C)c1. The molecule has 3 aliphatic rings. The lowest BCUT2D eigenvalue weighted by Crippen LogP contribution is -2.61. The van der Waals surface area contributed by atoms with Gasteiger partial charge in [-0.25, -0.2) is 0 Å². The Morgan fingerprint density at radius 2 is 2.12 bits per heavy atom. The molecule has 0 saturated carbocycles. The minimum absolute atomic E-state index is 0.0449. The molecule has 0 N–H and O–H groups in total. The quantitative estimate of drug-likeness (QED) is 0.821. The Morgan fingerprint density at radius 3 is 2.88 bits per heavy atom. The van der Waals surface area contributed by atoms with E-state index in [2.05, 4.69) is 37.1 Å². The molecule has 3 aliphatic heterocycles. The van der Waals surface area contributed by atoms with E-state index in [0.717, 1.165) is 51.0 Å². The van der Waals surface area contributed by atoms with Crippen LogP contribution >= 0.6 is 0 Å². The first-order valence-corrected chi connectivity index (χ1v) is 9.90. The molecular weight excluding hydrogens is 330 g/mol. The molecule has 144 valence electrons. The molecule has 4 rings (SSSR count). The molecule has 0 aliphatic carbocycles. The molecule has 5 atom stereocenters. The van der Waals surface area contributed by atoms with Gasteiger partial charge in [-0.15, -0.1) is 0 Å². The summed E-state index contributed by atoms with van der Waals surface area (Å²) in [5.74, 6) is 1.31. The van der Waals surface area contributed by atoms with Gasteiger partial charge >= 0.3 is 0 Å². The van der Waals surface area contributed by atoms with Crippen molar-refractivity contribution in [2.75, 3.05) is 27.3 Å². The Bertz CT molecular complexity index is 618. The third-order valence-electron chi connectivity index (χ3n) is 6.55. The number of fused-ring (bicyclic) bond motifs is 2. The molecule has 3 heterocycles. The van der Waals surface area contributed by atoms with E-state index in [0.29, 0.717) is 5.92 Å². The van der Waals surface area contributed by atoms with Crippen LogP contribution in [0.1, 0.15) is 44.6 Å². The highest BCUT2D eigenvalue weighted by molar-refractivity contribution is 5.36. The molecule has 5 unspecified atom stereocenters. The summed E-state index contributed by atoms with van der Waals surface area (Å²) >= 11 is 0. The average Bonchev–Trinajstić information content (AvgIpc) is 2.67. The lowest BCUT2D eigenvalue weighted by atomic mass is 9.62. The molecule has 1 aromatic rings. The van der Waals surface area contributed by atoms with Crippen LogP contribution in [0.3, 0.4) is 0 Å². The van der Waals surface area contributed by atoms with Crippen molar-refractivity contribution >= 4 is 0 Å². The van der Waals surface area contributed by atoms with Gasteiger partial charge < -0.3 is 18.9 Å². The first-order chi connectivity index (χ1) is 12.6. The number of hydrogen-bond donors (Lipinski definition) is 0. The van der Waals surface area contributed by atoms with Crippen LogP contribution in [-0.4, -0.2) is 51.0 Å². The number of likely N-dealkylation sites (tertiary alicyclic amines) is 1. The van der Waals surface area contributed by atoms with E-state index < -0.39 is 0 Å². The fraction of sp³-hybridized carbons (Fsp3) is 0.714. The van der Waals surface area contributed by atoms with Crippen molar-refractivity contribution in [3.63, 3.8) is 0 Å². The lowest BCUT2D eigenvalue weighted by Gasteiger charge is -2.56. The van der Waals surface area contributed by atoms with Crippen LogP contribution in [0.2, 0.25) is 0 Å². The Labute approximate surface area is 156 Å². The van der Waals surface area contributed by atoms with E-state index in [1.54, 1.807) is 7.11 Å². The van der Waals surface area contributed by atoms with E-state index >= 15 is 0 Å². The number of ether oxygens (including phenoxy) is 4. The zero-order valence-electron chi connectivity index (χ0n) is 16.1. The van der Waals surface area contributed by atoms with E-state index in [-0.39, 0.29) is 24.2 Å². The molecule has 0 spiro atoms. The van der Waals surface area contributed by atoms with Crippen LogP contribution in [0.4, 0.5) is 0 Å². The van der Waals surface area contributed by atoms with Gasteiger partial charge in [0.05, 0.1) is 7.11 Å². The Morgan fingerprint density at radius 1 is 1.23 bits per heavy atom. The second-order valence-corrected chi connectivity index (χ2v) is 8.00. The molecule has 0 radical (unpaired) electrons. The fourth-order valence-electron chi connectivity index (χ4n) is 4.92. The number of piperidine rings is 1. The molecule has 1 aromatic carbocycles. The van der Waals surface area contributed by atoms with Crippen molar-refractivity contribution in [2.45, 2.75) is 63.3 Å². The summed E-state index contributed by atoms with van der Waals surface area (Å²) in [4.78, 5) is 2.32. The minimum atomic E-state index is -0.228. The van der Waals surface area contributed by atoms with E-state index in [9.17, 15) is 0 Å². The van der Waals surface area contributed by atoms with E-state index in [1.807, 2.05) is 6.07 Å². The first-order valence-electron chi connectivity index (χ1n) is 9.90. The van der Waals surface area contributed by atoms with Crippen LogP contribution in [0, 0.1) is 5.92 Å². The highest BCUT2D eigenvalue weighted by atomic mass is 16.8. The van der Waals surface area contributed by atoms with Gasteiger partial charge in [-0.2, -0.15) is 0 Å². The normalized spacial score (nSPS) is 38.1. The van der Waals surface area contributed by atoms with Gasteiger partial charge in [-0.3, -0.25) is 4.90 Å². The maximum atomic E-state index is 6.38. The molecule has 3 fully saturated rings. The summed E-state index contributed by atoms with van der Waals surface area (Å²) < 4.78 is 23.9. The molecule has 5 heteroatoms. The Balaban J connectivity index is 1.61. The van der Waals surface area contributed by atoms with Crippen LogP contribution in [0.15, 0.2) is 24.3 Å². The molecule has 5 nitrogen and oxygen atoms in total. The van der Waals surface area contributed by atoms with Crippen LogP contribution in [-0.2, 0) is 19.6 Å². The third kappa shape index (κ3) is 3.26. The zero-order valence-corrected chi connectivity index (χ0v) is 16.1. The largest absolute Gasteiger partial charge is 0.497 e. The second kappa shape index (κ2) is 7.47. The summed E-state index contributed by atoms with van der Waals surface area (Å²) in [7, 11) is 3.88. The van der Waals surface area contributed by atoms with Gasteiger partial charge in [0.15, 0.2) is 12.6 Å². The second-order valence-electron chi connectivity index (χ2n) is 8.00. The van der Waals surface area contributed by atoms with Crippen molar-refractivity contribution in [1.82, 2.24) is 4.90 Å². The Hall–Kier alpha value is -1.14. The monoisotopic (exact) mass is 361 g/mol. The van der Waals surface area contributed by atoms with Gasteiger partial charge in [0, 0.05) is 30.9 Å². The van der Waals surface area contributed by atoms with Gasteiger partial charge in [-0.05, 0) is 50.4 Å². The predicted octanol–water partition coefficient (Wildman–Crippen LogP) is 3.52. The summed E-state index contributed by atoms with van der Waals surface area (Å²) in [6.07, 6.45) is 4.93. The minimum Gasteiger partial charge on any atom is -0.497 e. The van der Waals surface area contributed by atoms with Crippen molar-refractivity contribution in [2.24, 2.45) is 5.92 Å².